The number of ether oxygens (including phenoxy) is 2. The van der Waals surface area contributed by atoms with Crippen molar-refractivity contribution in [2.45, 2.75) is 20.0 Å². The van der Waals surface area contributed by atoms with Gasteiger partial charge in [-0.15, -0.1) is 0 Å². The van der Waals surface area contributed by atoms with Crippen molar-refractivity contribution in [3.8, 4) is 11.5 Å². The quantitative estimate of drug-likeness (QED) is 0.683. The van der Waals surface area contributed by atoms with Gasteiger partial charge in [0.15, 0.2) is 6.61 Å². The molecule has 122 valence electrons. The number of hydrogen-bond donors (Lipinski definition) is 1. The van der Waals surface area contributed by atoms with E-state index in [1.807, 2.05) is 44.2 Å². The molecule has 0 radical (unpaired) electrons. The first-order chi connectivity index (χ1) is 11.0. The van der Waals surface area contributed by atoms with E-state index in [0.29, 0.717) is 17.2 Å². The van der Waals surface area contributed by atoms with Crippen molar-refractivity contribution in [3.63, 3.8) is 0 Å². The summed E-state index contributed by atoms with van der Waals surface area (Å²) in [7, 11) is 0. The highest BCUT2D eigenvalue weighted by Gasteiger charge is 2.10. The molecule has 0 atom stereocenters. The molecule has 0 saturated heterocycles. The monoisotopic (exact) mass is 441 g/mol. The molecule has 0 aliphatic heterocycles. The number of hydrogen-bond acceptors (Lipinski definition) is 3. The molecule has 0 fully saturated rings. The highest BCUT2D eigenvalue weighted by Crippen LogP contribution is 2.28. The second-order valence-electron chi connectivity index (χ2n) is 5.07. The molecule has 2 rings (SSSR count). The highest BCUT2D eigenvalue weighted by atomic mass is 79.9. The van der Waals surface area contributed by atoms with Crippen LogP contribution in [0.15, 0.2) is 51.4 Å². The Hall–Kier alpha value is -1.53. The highest BCUT2D eigenvalue weighted by molar-refractivity contribution is 9.11. The van der Waals surface area contributed by atoms with Crippen LogP contribution in [0.1, 0.15) is 13.8 Å². The van der Waals surface area contributed by atoms with Gasteiger partial charge in [0.1, 0.15) is 11.5 Å². The number of carbonyl (C=O) groups is 1. The van der Waals surface area contributed by atoms with Crippen LogP contribution in [-0.2, 0) is 4.79 Å². The standard InChI is InChI=1S/C17H17Br2NO3/c1-11(2)23-16-6-4-3-5-14(16)20-17(21)10-22-15-8-7-12(18)9-13(15)19/h3-9,11H,10H2,1-2H3,(H,20,21). The van der Waals surface area contributed by atoms with Gasteiger partial charge in [0.2, 0.25) is 0 Å². The summed E-state index contributed by atoms with van der Waals surface area (Å²) in [6, 6.07) is 12.8. The Labute approximate surface area is 152 Å². The van der Waals surface area contributed by atoms with Crippen LogP contribution in [0.2, 0.25) is 0 Å². The van der Waals surface area contributed by atoms with Gasteiger partial charge in [0.25, 0.3) is 5.91 Å². The summed E-state index contributed by atoms with van der Waals surface area (Å²) >= 11 is 6.77. The molecule has 4 nitrogen and oxygen atoms in total. The summed E-state index contributed by atoms with van der Waals surface area (Å²) in [5.74, 6) is 0.996. The van der Waals surface area contributed by atoms with Gasteiger partial charge >= 0.3 is 0 Å². The molecule has 0 aliphatic carbocycles. The van der Waals surface area contributed by atoms with E-state index in [1.54, 1.807) is 12.1 Å². The van der Waals surface area contributed by atoms with Gasteiger partial charge in [0, 0.05) is 4.47 Å². The Morgan fingerprint density at radius 1 is 1.13 bits per heavy atom. The predicted molar refractivity (Wildman–Crippen MR) is 98.2 cm³/mol. The van der Waals surface area contributed by atoms with Crippen molar-refractivity contribution in [1.29, 1.82) is 0 Å². The molecule has 1 amide bonds. The SMILES string of the molecule is CC(C)Oc1ccccc1NC(=O)COc1ccc(Br)cc1Br. The van der Waals surface area contributed by atoms with E-state index in [1.165, 1.54) is 0 Å². The molecule has 6 heteroatoms. The molecule has 0 spiro atoms. The normalized spacial score (nSPS) is 10.5. The Balaban J connectivity index is 1.97. The lowest BCUT2D eigenvalue weighted by Gasteiger charge is -2.15. The zero-order valence-corrected chi connectivity index (χ0v) is 16.0. The minimum absolute atomic E-state index is 0.0306. The molecule has 0 aliphatic rings. The van der Waals surface area contributed by atoms with Crippen molar-refractivity contribution in [2.24, 2.45) is 0 Å². The van der Waals surface area contributed by atoms with Crippen molar-refractivity contribution < 1.29 is 14.3 Å². The second kappa shape index (κ2) is 8.36. The number of benzene rings is 2. The van der Waals surface area contributed by atoms with Crippen LogP contribution in [0.25, 0.3) is 0 Å². The number of amides is 1. The van der Waals surface area contributed by atoms with E-state index in [2.05, 4.69) is 37.2 Å². The van der Waals surface area contributed by atoms with E-state index >= 15 is 0 Å². The van der Waals surface area contributed by atoms with E-state index in [-0.39, 0.29) is 18.6 Å². The number of anilines is 1. The van der Waals surface area contributed by atoms with Gasteiger partial charge in [-0.25, -0.2) is 0 Å². The third-order valence-electron chi connectivity index (χ3n) is 2.78. The summed E-state index contributed by atoms with van der Waals surface area (Å²) in [6.45, 7) is 3.79. The van der Waals surface area contributed by atoms with Crippen LogP contribution in [0.4, 0.5) is 5.69 Å². The molecule has 1 N–H and O–H groups in total. The maximum absolute atomic E-state index is 12.1. The lowest BCUT2D eigenvalue weighted by molar-refractivity contribution is -0.118. The fourth-order valence-electron chi connectivity index (χ4n) is 1.85. The van der Waals surface area contributed by atoms with E-state index in [0.717, 1.165) is 8.95 Å². The number of rotatable bonds is 6. The molecule has 23 heavy (non-hydrogen) atoms. The number of halogens is 2. The summed E-state index contributed by atoms with van der Waals surface area (Å²) in [5, 5.41) is 2.80. The molecule has 0 saturated carbocycles. The first-order valence-electron chi connectivity index (χ1n) is 7.09. The molecular weight excluding hydrogens is 426 g/mol. The minimum Gasteiger partial charge on any atom is -0.489 e. The Bertz CT molecular complexity index is 689. The lowest BCUT2D eigenvalue weighted by Crippen LogP contribution is -2.21. The number of nitrogens with one attached hydrogen (secondary N) is 1. The fraction of sp³-hybridized carbons (Fsp3) is 0.235. The van der Waals surface area contributed by atoms with Crippen LogP contribution in [0, 0.1) is 0 Å². The van der Waals surface area contributed by atoms with Gasteiger partial charge < -0.3 is 14.8 Å². The average molecular weight is 443 g/mol. The first-order valence-corrected chi connectivity index (χ1v) is 8.67. The molecule has 2 aromatic carbocycles. The third kappa shape index (κ3) is 5.55. The second-order valence-corrected chi connectivity index (χ2v) is 6.84. The average Bonchev–Trinajstić information content (AvgIpc) is 2.48. The van der Waals surface area contributed by atoms with Gasteiger partial charge in [-0.2, -0.15) is 0 Å². The number of carbonyl (C=O) groups excluding carboxylic acids is 1. The topological polar surface area (TPSA) is 47.6 Å². The smallest absolute Gasteiger partial charge is 0.262 e. The van der Waals surface area contributed by atoms with Crippen LogP contribution >= 0.6 is 31.9 Å². The van der Waals surface area contributed by atoms with E-state index < -0.39 is 0 Å². The van der Waals surface area contributed by atoms with Gasteiger partial charge in [-0.05, 0) is 60.1 Å². The van der Waals surface area contributed by atoms with Crippen molar-refractivity contribution in [3.05, 3.63) is 51.4 Å². The Kier molecular flexibility index (Phi) is 6.47. The molecule has 2 aromatic rings. The van der Waals surface area contributed by atoms with Crippen molar-refractivity contribution >= 4 is 43.5 Å². The minimum atomic E-state index is -0.250. The summed E-state index contributed by atoms with van der Waals surface area (Å²) in [6.07, 6.45) is 0.0306. The zero-order valence-electron chi connectivity index (χ0n) is 12.8. The van der Waals surface area contributed by atoms with Crippen LogP contribution < -0.4 is 14.8 Å². The van der Waals surface area contributed by atoms with E-state index in [9.17, 15) is 4.79 Å². The molecule has 0 unspecified atom stereocenters. The zero-order chi connectivity index (χ0) is 16.8. The van der Waals surface area contributed by atoms with Crippen molar-refractivity contribution in [1.82, 2.24) is 0 Å². The van der Waals surface area contributed by atoms with Gasteiger partial charge in [-0.1, -0.05) is 28.1 Å². The maximum atomic E-state index is 12.1. The van der Waals surface area contributed by atoms with Crippen LogP contribution in [-0.4, -0.2) is 18.6 Å². The summed E-state index contributed by atoms with van der Waals surface area (Å²) in [4.78, 5) is 12.1. The molecule has 0 aromatic heterocycles. The van der Waals surface area contributed by atoms with Crippen LogP contribution in [0.5, 0.6) is 11.5 Å². The maximum Gasteiger partial charge on any atom is 0.262 e. The lowest BCUT2D eigenvalue weighted by atomic mass is 10.3. The molecular formula is C17H17Br2NO3. The van der Waals surface area contributed by atoms with Gasteiger partial charge in [0.05, 0.1) is 16.3 Å². The molecule has 0 bridgehead atoms. The first kappa shape index (κ1) is 17.8. The molecule has 0 heterocycles. The summed E-state index contributed by atoms with van der Waals surface area (Å²) < 4.78 is 12.9. The van der Waals surface area contributed by atoms with Crippen LogP contribution in [0.3, 0.4) is 0 Å². The Morgan fingerprint density at radius 2 is 1.87 bits per heavy atom. The van der Waals surface area contributed by atoms with E-state index in [4.69, 9.17) is 9.47 Å². The largest absolute Gasteiger partial charge is 0.489 e. The summed E-state index contributed by atoms with van der Waals surface area (Å²) in [5.41, 5.74) is 0.629. The Morgan fingerprint density at radius 3 is 2.57 bits per heavy atom. The fourth-order valence-corrected chi connectivity index (χ4v) is 3.01. The third-order valence-corrected chi connectivity index (χ3v) is 3.89. The predicted octanol–water partition coefficient (Wildman–Crippen LogP) is 5.02. The van der Waals surface area contributed by atoms with Crippen molar-refractivity contribution in [2.75, 3.05) is 11.9 Å². The van der Waals surface area contributed by atoms with Gasteiger partial charge in [-0.3, -0.25) is 4.79 Å². The number of para-hydroxylation sites is 2.